The smallest absolute Gasteiger partial charge is 0.252 e. The van der Waals surface area contributed by atoms with E-state index in [4.69, 9.17) is 0 Å². The lowest BCUT2D eigenvalue weighted by Gasteiger charge is -2.36. The highest BCUT2D eigenvalue weighted by Gasteiger charge is 2.42. The zero-order valence-electron chi connectivity index (χ0n) is 21.2. The number of para-hydroxylation sites is 4. The molecule has 174 valence electrons. The highest BCUT2D eigenvalue weighted by Crippen LogP contribution is 2.39. The predicted octanol–water partition coefficient (Wildman–Crippen LogP) is 5.57. The van der Waals surface area contributed by atoms with Crippen molar-refractivity contribution in [2.24, 2.45) is 0 Å². The van der Waals surface area contributed by atoms with Gasteiger partial charge < -0.3 is 9.13 Å². The van der Waals surface area contributed by atoms with Gasteiger partial charge in [-0.05, 0) is 39.8 Å². The molecule has 0 unspecified atom stereocenters. The van der Waals surface area contributed by atoms with Crippen LogP contribution in [0.2, 0.25) is 19.6 Å². The number of rotatable bonds is 1. The van der Waals surface area contributed by atoms with Crippen LogP contribution in [0, 0.1) is 0 Å². The molecular weight excluding hydrogens is 463 g/mol. The van der Waals surface area contributed by atoms with E-state index in [1.54, 1.807) is 5.19 Å². The third kappa shape index (κ3) is 2.25. The number of hydrogen-bond donors (Lipinski definition) is 0. The SMILES string of the molecule is C[Si](C)(C)c1cc2c3ccccc3n3c2c2c1-n1c4ccccc4c4cccc(c41)B2c1ccccc1-3. The lowest BCUT2D eigenvalue weighted by Crippen LogP contribution is -2.61. The second-order valence-corrected chi connectivity index (χ2v) is 16.8. The Morgan fingerprint density at radius 2 is 1.19 bits per heavy atom. The van der Waals surface area contributed by atoms with Gasteiger partial charge in [-0.3, -0.25) is 0 Å². The molecule has 4 heteroatoms. The minimum atomic E-state index is -1.73. The summed E-state index contributed by atoms with van der Waals surface area (Å²) in [5.41, 5.74) is 12.5. The van der Waals surface area contributed by atoms with Crippen LogP contribution in [-0.2, 0) is 0 Å². The van der Waals surface area contributed by atoms with E-state index in [9.17, 15) is 0 Å². The van der Waals surface area contributed by atoms with E-state index in [-0.39, 0.29) is 6.71 Å². The van der Waals surface area contributed by atoms with Crippen LogP contribution in [0.3, 0.4) is 0 Å². The van der Waals surface area contributed by atoms with Gasteiger partial charge in [-0.2, -0.15) is 0 Å². The van der Waals surface area contributed by atoms with Crippen molar-refractivity contribution in [1.82, 2.24) is 9.13 Å². The van der Waals surface area contributed by atoms with Gasteiger partial charge in [0.2, 0.25) is 0 Å². The van der Waals surface area contributed by atoms with Crippen molar-refractivity contribution in [3.63, 3.8) is 0 Å². The fourth-order valence-electron chi connectivity index (χ4n) is 7.41. The summed E-state index contributed by atoms with van der Waals surface area (Å²) < 4.78 is 5.19. The van der Waals surface area contributed by atoms with Crippen LogP contribution in [0.15, 0.2) is 97.1 Å². The fraction of sp³-hybridized carbons (Fsp3) is 0.0909. The molecular formula is C33H25BN2Si. The Morgan fingerprint density at radius 1 is 0.568 bits per heavy atom. The Labute approximate surface area is 216 Å². The lowest BCUT2D eigenvalue weighted by molar-refractivity contribution is 1.16. The first-order valence-electron chi connectivity index (χ1n) is 13.3. The molecule has 0 saturated carbocycles. The Kier molecular flexibility index (Phi) is 3.50. The second kappa shape index (κ2) is 6.45. The molecule has 0 fully saturated rings. The number of hydrogen-bond acceptors (Lipinski definition) is 0. The van der Waals surface area contributed by atoms with Crippen LogP contribution in [0.1, 0.15) is 0 Å². The summed E-state index contributed by atoms with van der Waals surface area (Å²) >= 11 is 0. The molecule has 0 N–H and O–H groups in total. The van der Waals surface area contributed by atoms with Gasteiger partial charge in [0, 0.05) is 38.4 Å². The molecule has 0 saturated heterocycles. The van der Waals surface area contributed by atoms with Crippen molar-refractivity contribution in [3.05, 3.63) is 97.1 Å². The molecule has 0 radical (unpaired) electrons. The van der Waals surface area contributed by atoms with Crippen LogP contribution in [0.25, 0.3) is 55.0 Å². The maximum absolute atomic E-state index is 2.63. The number of fused-ring (bicyclic) bond motifs is 11. The maximum Gasteiger partial charge on any atom is 0.252 e. The molecule has 2 aliphatic rings. The molecule has 2 aliphatic heterocycles. The third-order valence-corrected chi connectivity index (χ3v) is 10.8. The summed E-state index contributed by atoms with van der Waals surface area (Å²) in [7, 11) is -1.73. The van der Waals surface area contributed by atoms with Crippen LogP contribution in [0.5, 0.6) is 0 Å². The van der Waals surface area contributed by atoms with Gasteiger partial charge in [-0.1, -0.05) is 98.5 Å². The van der Waals surface area contributed by atoms with Gasteiger partial charge in [-0.15, -0.1) is 0 Å². The second-order valence-electron chi connectivity index (χ2n) is 11.8. The van der Waals surface area contributed by atoms with E-state index >= 15 is 0 Å². The first kappa shape index (κ1) is 20.1. The minimum Gasteiger partial charge on any atom is -0.310 e. The monoisotopic (exact) mass is 488 g/mol. The summed E-state index contributed by atoms with van der Waals surface area (Å²) in [4.78, 5) is 0. The highest BCUT2D eigenvalue weighted by molar-refractivity contribution is 7.01. The van der Waals surface area contributed by atoms with E-state index in [2.05, 4.69) is 126 Å². The summed E-state index contributed by atoms with van der Waals surface area (Å²) in [5, 5.41) is 7.03. The average molecular weight is 488 g/mol. The largest absolute Gasteiger partial charge is 0.310 e. The number of aromatic nitrogens is 2. The van der Waals surface area contributed by atoms with Crippen molar-refractivity contribution < 1.29 is 0 Å². The van der Waals surface area contributed by atoms with E-state index in [0.717, 1.165) is 0 Å². The topological polar surface area (TPSA) is 9.86 Å². The van der Waals surface area contributed by atoms with Gasteiger partial charge in [0.1, 0.15) is 0 Å². The van der Waals surface area contributed by atoms with Crippen molar-refractivity contribution in [1.29, 1.82) is 0 Å². The molecule has 0 aliphatic carbocycles. The standard InChI is InChI=1S/C33H25BN2Si/c1-37(2,3)29-19-23-21-12-5-7-16-26(21)35-28-18-9-6-14-24(28)34-25-15-10-13-22-20-11-4-8-17-27(20)36(31(22)25)33(29)30(34)32(23)35/h4-19H,1-3H3. The van der Waals surface area contributed by atoms with Gasteiger partial charge in [0.25, 0.3) is 6.71 Å². The molecule has 2 aromatic heterocycles. The number of nitrogens with zero attached hydrogens (tertiary/aromatic N) is 2. The normalized spacial score (nSPS) is 13.8. The van der Waals surface area contributed by atoms with E-state index < -0.39 is 8.07 Å². The molecule has 0 bridgehead atoms. The first-order chi connectivity index (χ1) is 18.0. The van der Waals surface area contributed by atoms with E-state index in [0.29, 0.717) is 0 Å². The molecule has 7 aromatic rings. The van der Waals surface area contributed by atoms with Crippen molar-refractivity contribution >= 4 is 80.0 Å². The Balaban J connectivity index is 1.66. The zero-order valence-corrected chi connectivity index (χ0v) is 22.2. The minimum absolute atomic E-state index is 0.224. The summed E-state index contributed by atoms with van der Waals surface area (Å²) in [5.74, 6) is 0. The molecule has 9 rings (SSSR count). The Morgan fingerprint density at radius 3 is 1.97 bits per heavy atom. The summed E-state index contributed by atoms with van der Waals surface area (Å²) in [6.07, 6.45) is 0. The summed E-state index contributed by atoms with van der Waals surface area (Å²) in [6, 6.07) is 36.6. The maximum atomic E-state index is 2.63. The molecule has 2 nitrogen and oxygen atoms in total. The predicted molar refractivity (Wildman–Crippen MR) is 163 cm³/mol. The third-order valence-electron chi connectivity index (χ3n) is 8.81. The Bertz CT molecular complexity index is 2140. The van der Waals surface area contributed by atoms with Crippen LogP contribution < -0.4 is 21.6 Å². The molecule has 0 atom stereocenters. The van der Waals surface area contributed by atoms with Crippen molar-refractivity contribution in [2.45, 2.75) is 19.6 Å². The van der Waals surface area contributed by atoms with Gasteiger partial charge in [0.05, 0.1) is 24.6 Å². The summed E-state index contributed by atoms with van der Waals surface area (Å²) in [6.45, 7) is 7.74. The molecule has 0 amide bonds. The van der Waals surface area contributed by atoms with E-state index in [1.165, 1.54) is 71.4 Å². The quantitative estimate of drug-likeness (QED) is 0.268. The van der Waals surface area contributed by atoms with Gasteiger partial charge in [-0.25, -0.2) is 0 Å². The first-order valence-corrected chi connectivity index (χ1v) is 16.8. The van der Waals surface area contributed by atoms with Crippen molar-refractivity contribution in [3.8, 4) is 11.4 Å². The number of benzene rings is 5. The van der Waals surface area contributed by atoms with Gasteiger partial charge >= 0.3 is 0 Å². The molecule has 5 aromatic carbocycles. The lowest BCUT2D eigenvalue weighted by atomic mass is 9.34. The zero-order chi connectivity index (χ0) is 24.6. The fourth-order valence-corrected chi connectivity index (χ4v) is 8.94. The van der Waals surface area contributed by atoms with E-state index in [1.807, 2.05) is 0 Å². The van der Waals surface area contributed by atoms with Crippen LogP contribution in [-0.4, -0.2) is 23.9 Å². The van der Waals surface area contributed by atoms with Gasteiger partial charge in [0.15, 0.2) is 0 Å². The van der Waals surface area contributed by atoms with Crippen molar-refractivity contribution in [2.75, 3.05) is 0 Å². The molecule has 0 spiro atoms. The highest BCUT2D eigenvalue weighted by atomic mass is 28.3. The molecule has 4 heterocycles. The van der Waals surface area contributed by atoms with Crippen LogP contribution in [0.4, 0.5) is 0 Å². The average Bonchev–Trinajstić information content (AvgIpc) is 3.43. The molecule has 37 heavy (non-hydrogen) atoms. The van der Waals surface area contributed by atoms with Crippen LogP contribution >= 0.6 is 0 Å². The Hall–Kier alpha value is -4.02.